The van der Waals surface area contributed by atoms with Crippen molar-refractivity contribution in [1.29, 1.82) is 0 Å². The number of hydrogen-bond donors (Lipinski definition) is 1. The van der Waals surface area contributed by atoms with E-state index in [0.29, 0.717) is 25.2 Å². The van der Waals surface area contributed by atoms with E-state index in [4.69, 9.17) is 0 Å². The Morgan fingerprint density at radius 1 is 1.45 bits per heavy atom. The minimum absolute atomic E-state index is 0.263. The zero-order valence-electron chi connectivity index (χ0n) is 11.7. The molecule has 0 spiro atoms. The number of aromatic nitrogens is 2. The number of sulfonamides is 1. The van der Waals surface area contributed by atoms with Crippen LogP contribution >= 0.6 is 0 Å². The third-order valence-electron chi connectivity index (χ3n) is 3.47. The van der Waals surface area contributed by atoms with E-state index in [1.165, 1.54) is 19.3 Å². The van der Waals surface area contributed by atoms with Gasteiger partial charge in [0.1, 0.15) is 0 Å². The number of hydrogen-bond acceptors (Lipinski definition) is 5. The number of nitrogens with zero attached hydrogens (tertiary/aromatic N) is 3. The van der Waals surface area contributed by atoms with Crippen molar-refractivity contribution in [3.05, 3.63) is 22.6 Å². The zero-order valence-corrected chi connectivity index (χ0v) is 12.5. The Morgan fingerprint density at radius 2 is 2.14 bits per heavy atom. The van der Waals surface area contributed by atoms with Crippen molar-refractivity contribution in [2.75, 3.05) is 24.5 Å². The number of alkyl halides is 3. The second kappa shape index (κ2) is 5.88. The lowest BCUT2D eigenvalue weighted by atomic mass is 10.1. The first kappa shape index (κ1) is 16.7. The quantitative estimate of drug-likeness (QED) is 0.837. The molecular formula is C11H15F3N4O3S. The average molecular weight is 340 g/mol. The molecule has 0 saturated carbocycles. The highest BCUT2D eigenvalue weighted by Gasteiger charge is 2.45. The molecule has 2 heterocycles. The van der Waals surface area contributed by atoms with Crippen LogP contribution in [0.3, 0.4) is 0 Å². The van der Waals surface area contributed by atoms with Crippen molar-refractivity contribution in [2.45, 2.75) is 11.9 Å². The molecule has 0 radical (unpaired) electrons. The average Bonchev–Trinajstić information content (AvgIpc) is 2.87. The lowest BCUT2D eigenvalue weighted by Crippen LogP contribution is -2.39. The fraction of sp³-hybridized carbons (Fsp3) is 0.636. The second-order valence-corrected chi connectivity index (χ2v) is 6.83. The van der Waals surface area contributed by atoms with Gasteiger partial charge in [-0.25, -0.2) is 17.8 Å². The van der Waals surface area contributed by atoms with Gasteiger partial charge in [0.05, 0.1) is 11.9 Å². The van der Waals surface area contributed by atoms with Crippen LogP contribution in [0.1, 0.15) is 6.42 Å². The third-order valence-corrected chi connectivity index (χ3v) is 4.63. The highest BCUT2D eigenvalue weighted by molar-refractivity contribution is 7.90. The molecule has 0 bridgehead atoms. The monoisotopic (exact) mass is 340 g/mol. The Kier molecular flexibility index (Phi) is 4.47. The summed E-state index contributed by atoms with van der Waals surface area (Å²) in [5, 5.41) is 3.87. The van der Waals surface area contributed by atoms with Crippen molar-refractivity contribution in [2.24, 2.45) is 13.0 Å². The van der Waals surface area contributed by atoms with Crippen LogP contribution in [0.2, 0.25) is 0 Å². The summed E-state index contributed by atoms with van der Waals surface area (Å²) in [5.41, 5.74) is -5.02. The van der Waals surface area contributed by atoms with Crippen LogP contribution in [-0.2, 0) is 17.1 Å². The Balaban J connectivity index is 1.96. The number of halogens is 3. The summed E-state index contributed by atoms with van der Waals surface area (Å²) >= 11 is 0. The van der Waals surface area contributed by atoms with Crippen LogP contribution in [0.25, 0.3) is 0 Å². The zero-order chi connectivity index (χ0) is 16.5. The molecule has 1 aliphatic heterocycles. The number of aryl methyl sites for hydroxylation is 1. The van der Waals surface area contributed by atoms with Crippen LogP contribution < -0.4 is 15.2 Å². The summed E-state index contributed by atoms with van der Waals surface area (Å²) in [5.74, 6) is -0.263. The van der Waals surface area contributed by atoms with Gasteiger partial charge in [-0.2, -0.15) is 18.3 Å². The van der Waals surface area contributed by atoms with E-state index in [0.717, 1.165) is 4.68 Å². The smallest absolute Gasteiger partial charge is 0.370 e. The van der Waals surface area contributed by atoms with Gasteiger partial charge in [0.25, 0.3) is 5.56 Å². The van der Waals surface area contributed by atoms with Gasteiger partial charge in [-0.15, -0.1) is 0 Å². The van der Waals surface area contributed by atoms with Crippen LogP contribution in [0.15, 0.2) is 17.1 Å². The predicted octanol–water partition coefficient (Wildman–Crippen LogP) is 0.0458. The highest BCUT2D eigenvalue weighted by Crippen LogP contribution is 2.24. The molecule has 11 heteroatoms. The Hall–Kier alpha value is -1.62. The van der Waals surface area contributed by atoms with Crippen molar-refractivity contribution in [3.8, 4) is 0 Å². The molecule has 1 aliphatic rings. The molecule has 0 aromatic carbocycles. The van der Waals surface area contributed by atoms with E-state index < -0.39 is 15.5 Å². The summed E-state index contributed by atoms with van der Waals surface area (Å²) in [6.07, 6.45) is 2.01. The summed E-state index contributed by atoms with van der Waals surface area (Å²) < 4.78 is 61.3. The molecule has 0 amide bonds. The number of rotatable bonds is 4. The van der Waals surface area contributed by atoms with E-state index in [1.54, 1.807) is 9.62 Å². The van der Waals surface area contributed by atoms with E-state index >= 15 is 0 Å². The molecule has 1 saturated heterocycles. The van der Waals surface area contributed by atoms with Crippen molar-refractivity contribution >= 4 is 15.7 Å². The summed E-state index contributed by atoms with van der Waals surface area (Å²) in [7, 11) is -3.81. The standard InChI is InChI=1S/C11H15F3N4O3S/c1-17-10(19)4-9(6-15-17)18-3-2-8(7-18)5-16-22(20,21)11(12,13)14/h4,6,8,16H,2-3,5,7H2,1H3. The molecule has 1 unspecified atom stereocenters. The van der Waals surface area contributed by atoms with E-state index in [-0.39, 0.29) is 18.0 Å². The third kappa shape index (κ3) is 3.58. The molecule has 2 rings (SSSR count). The topological polar surface area (TPSA) is 84.3 Å². The van der Waals surface area contributed by atoms with Crippen LogP contribution in [-0.4, -0.2) is 43.3 Å². The lowest BCUT2D eigenvalue weighted by molar-refractivity contribution is -0.0448. The molecule has 1 atom stereocenters. The van der Waals surface area contributed by atoms with Crippen molar-refractivity contribution in [3.63, 3.8) is 0 Å². The molecule has 0 aliphatic carbocycles. The minimum atomic E-state index is -5.31. The maximum atomic E-state index is 12.2. The van der Waals surface area contributed by atoms with Gasteiger partial charge in [0, 0.05) is 32.7 Å². The summed E-state index contributed by atoms with van der Waals surface area (Å²) in [6.45, 7) is 0.582. The first-order chi connectivity index (χ1) is 10.1. The first-order valence-electron chi connectivity index (χ1n) is 6.44. The fourth-order valence-electron chi connectivity index (χ4n) is 2.18. The SMILES string of the molecule is Cn1ncc(N2CCC(CNS(=O)(=O)C(F)(F)F)C2)cc1=O. The largest absolute Gasteiger partial charge is 0.511 e. The number of anilines is 1. The van der Waals surface area contributed by atoms with Crippen LogP contribution in [0.5, 0.6) is 0 Å². The predicted molar refractivity (Wildman–Crippen MR) is 72.8 cm³/mol. The second-order valence-electron chi connectivity index (χ2n) is 5.07. The highest BCUT2D eigenvalue weighted by atomic mass is 32.2. The Bertz CT molecular complexity index is 701. The van der Waals surface area contributed by atoms with E-state index in [1.807, 2.05) is 0 Å². The minimum Gasteiger partial charge on any atom is -0.370 e. The van der Waals surface area contributed by atoms with Gasteiger partial charge in [0.2, 0.25) is 0 Å². The molecule has 1 fully saturated rings. The van der Waals surface area contributed by atoms with E-state index in [2.05, 4.69) is 5.10 Å². The van der Waals surface area contributed by atoms with Gasteiger partial charge in [0.15, 0.2) is 0 Å². The van der Waals surface area contributed by atoms with Gasteiger partial charge >= 0.3 is 15.5 Å². The van der Waals surface area contributed by atoms with Gasteiger partial charge in [-0.3, -0.25) is 4.79 Å². The fourth-order valence-corrected chi connectivity index (χ4v) is 2.79. The Morgan fingerprint density at radius 3 is 2.73 bits per heavy atom. The maximum absolute atomic E-state index is 12.2. The van der Waals surface area contributed by atoms with Crippen molar-refractivity contribution < 1.29 is 21.6 Å². The molecule has 1 aromatic rings. The summed E-state index contributed by atoms with van der Waals surface area (Å²) in [6, 6.07) is 1.38. The first-order valence-corrected chi connectivity index (χ1v) is 7.93. The Labute approximate surface area is 124 Å². The van der Waals surface area contributed by atoms with Crippen LogP contribution in [0, 0.1) is 5.92 Å². The summed E-state index contributed by atoms with van der Waals surface area (Å²) in [4.78, 5) is 13.3. The molecule has 124 valence electrons. The normalized spacial score (nSPS) is 19.6. The van der Waals surface area contributed by atoms with Crippen molar-refractivity contribution in [1.82, 2.24) is 14.5 Å². The molecule has 7 nitrogen and oxygen atoms in total. The van der Waals surface area contributed by atoms with Gasteiger partial charge in [-0.05, 0) is 12.3 Å². The van der Waals surface area contributed by atoms with Gasteiger partial charge in [-0.1, -0.05) is 0 Å². The number of nitrogens with one attached hydrogen (secondary N) is 1. The van der Waals surface area contributed by atoms with Crippen LogP contribution in [0.4, 0.5) is 18.9 Å². The molecule has 1 N–H and O–H groups in total. The van der Waals surface area contributed by atoms with Gasteiger partial charge < -0.3 is 4.90 Å². The molecule has 1 aromatic heterocycles. The van der Waals surface area contributed by atoms with E-state index in [9.17, 15) is 26.4 Å². The molecule has 22 heavy (non-hydrogen) atoms. The maximum Gasteiger partial charge on any atom is 0.511 e. The lowest BCUT2D eigenvalue weighted by Gasteiger charge is -2.18. The molecular weight excluding hydrogens is 325 g/mol.